The van der Waals surface area contributed by atoms with Gasteiger partial charge in [0.2, 0.25) is 5.91 Å². The van der Waals surface area contributed by atoms with Crippen molar-refractivity contribution >= 4 is 11.9 Å². The lowest BCUT2D eigenvalue weighted by atomic mass is 10.0. The summed E-state index contributed by atoms with van der Waals surface area (Å²) in [6.45, 7) is 6.44. The lowest BCUT2D eigenvalue weighted by Gasteiger charge is -2.24. The molecule has 3 unspecified atom stereocenters. The molecule has 0 aromatic carbocycles. The number of allylic oxidation sites excluding steroid dienone is 4. The molecule has 0 spiro atoms. The predicted octanol–water partition coefficient (Wildman–Crippen LogP) is 14.3. The molecule has 6 nitrogen and oxygen atoms in total. The Balaban J connectivity index is 4.54. The van der Waals surface area contributed by atoms with Crippen LogP contribution in [0.5, 0.6) is 0 Å². The first-order valence-electron chi connectivity index (χ1n) is 24.6. The number of rotatable bonds is 44. The molecule has 0 saturated carbocycles. The lowest BCUT2D eigenvalue weighted by molar-refractivity contribution is -0.151. The molecule has 0 aliphatic carbocycles. The van der Waals surface area contributed by atoms with E-state index in [0.29, 0.717) is 19.3 Å². The minimum atomic E-state index is -0.789. The van der Waals surface area contributed by atoms with E-state index in [1.807, 2.05) is 0 Å². The maximum absolute atomic E-state index is 13.1. The highest BCUT2D eigenvalue weighted by atomic mass is 16.5. The third kappa shape index (κ3) is 39.2. The Morgan fingerprint density at radius 2 is 0.857 bits per heavy atom. The molecule has 0 aromatic heterocycles. The fourth-order valence-electron chi connectivity index (χ4n) is 7.48. The monoisotopic (exact) mass is 790 g/mol. The number of amides is 1. The summed E-state index contributed by atoms with van der Waals surface area (Å²) >= 11 is 0. The van der Waals surface area contributed by atoms with Gasteiger partial charge in [0.05, 0.1) is 25.2 Å². The maximum Gasteiger partial charge on any atom is 0.306 e. The molecule has 3 N–H and O–H groups in total. The van der Waals surface area contributed by atoms with Gasteiger partial charge in [0.15, 0.2) is 0 Å². The van der Waals surface area contributed by atoms with E-state index in [1.54, 1.807) is 0 Å². The van der Waals surface area contributed by atoms with Crippen molar-refractivity contribution in [3.05, 3.63) is 24.3 Å². The third-order valence-electron chi connectivity index (χ3n) is 11.3. The first-order chi connectivity index (χ1) is 27.5. The summed E-state index contributed by atoms with van der Waals surface area (Å²) in [6, 6.07) is -0.704. The average molecular weight is 790 g/mol. The van der Waals surface area contributed by atoms with Crippen molar-refractivity contribution < 1.29 is 24.5 Å². The molecule has 0 saturated heterocycles. The topological polar surface area (TPSA) is 95.9 Å². The van der Waals surface area contributed by atoms with Crippen LogP contribution in [0.15, 0.2) is 24.3 Å². The van der Waals surface area contributed by atoms with Crippen LogP contribution in [-0.2, 0) is 14.3 Å². The van der Waals surface area contributed by atoms with Crippen molar-refractivity contribution in [1.29, 1.82) is 0 Å². The van der Waals surface area contributed by atoms with E-state index in [4.69, 9.17) is 4.74 Å². The van der Waals surface area contributed by atoms with Crippen LogP contribution in [0.3, 0.4) is 0 Å². The van der Waals surface area contributed by atoms with Gasteiger partial charge < -0.3 is 20.3 Å². The summed E-state index contributed by atoms with van der Waals surface area (Å²) in [6.07, 6.45) is 49.5. The second-order valence-corrected chi connectivity index (χ2v) is 16.9. The van der Waals surface area contributed by atoms with E-state index >= 15 is 0 Å². The number of ether oxygens (including phenoxy) is 1. The number of carbonyl (C=O) groups is 2. The number of hydrogen-bond donors (Lipinski definition) is 3. The van der Waals surface area contributed by atoms with Crippen LogP contribution in [0.4, 0.5) is 0 Å². The molecule has 6 heteroatoms. The average Bonchev–Trinajstić information content (AvgIpc) is 3.19. The summed E-state index contributed by atoms with van der Waals surface area (Å²) in [5.41, 5.74) is 0. The Morgan fingerprint density at radius 3 is 1.32 bits per heavy atom. The SMILES string of the molecule is CCCCC/C=C\CCCCCC(CC(=O)NC(CO)C(O)CCCCCCCCCCCCCCC)OC(=O)CCCCC/C=C\CCCCCCCCC. The van der Waals surface area contributed by atoms with Crippen LogP contribution in [-0.4, -0.2) is 46.9 Å². The number of esters is 1. The Morgan fingerprint density at radius 1 is 0.500 bits per heavy atom. The molecule has 0 rings (SSSR count). The molecule has 0 aromatic rings. The number of unbranched alkanes of at least 4 members (excludes halogenated alkanes) is 28. The number of aliphatic hydroxyl groups is 2. The Kier molecular flexibility index (Phi) is 43.1. The summed E-state index contributed by atoms with van der Waals surface area (Å²) in [7, 11) is 0. The number of nitrogens with one attached hydrogen (secondary N) is 1. The van der Waals surface area contributed by atoms with E-state index in [2.05, 4.69) is 50.4 Å². The highest BCUT2D eigenvalue weighted by Gasteiger charge is 2.24. The minimum absolute atomic E-state index is 0.0641. The molecule has 0 aliphatic rings. The third-order valence-corrected chi connectivity index (χ3v) is 11.3. The van der Waals surface area contributed by atoms with E-state index in [-0.39, 0.29) is 24.9 Å². The Bertz CT molecular complexity index is 889. The van der Waals surface area contributed by atoms with Crippen LogP contribution < -0.4 is 5.32 Å². The zero-order valence-corrected chi connectivity index (χ0v) is 37.5. The van der Waals surface area contributed by atoms with Crippen LogP contribution >= 0.6 is 0 Å². The molecule has 1 amide bonds. The molecule has 0 fully saturated rings. The smallest absolute Gasteiger partial charge is 0.306 e. The highest BCUT2D eigenvalue weighted by molar-refractivity contribution is 5.77. The van der Waals surface area contributed by atoms with Crippen molar-refractivity contribution in [2.45, 2.75) is 277 Å². The van der Waals surface area contributed by atoms with Crippen LogP contribution in [0.1, 0.15) is 258 Å². The van der Waals surface area contributed by atoms with Gasteiger partial charge in [-0.15, -0.1) is 0 Å². The second-order valence-electron chi connectivity index (χ2n) is 16.9. The molecular weight excluding hydrogens is 695 g/mol. The Labute approximate surface area is 348 Å². The predicted molar refractivity (Wildman–Crippen MR) is 241 cm³/mol. The summed E-state index contributed by atoms with van der Waals surface area (Å²) in [4.78, 5) is 26.0. The molecule has 56 heavy (non-hydrogen) atoms. The molecule has 0 aliphatic heterocycles. The molecule has 0 heterocycles. The number of carbonyl (C=O) groups excluding carboxylic acids is 2. The van der Waals surface area contributed by atoms with Crippen molar-refractivity contribution in [3.8, 4) is 0 Å². The van der Waals surface area contributed by atoms with Crippen LogP contribution in [0.25, 0.3) is 0 Å². The Hall–Kier alpha value is -1.66. The van der Waals surface area contributed by atoms with Crippen molar-refractivity contribution in [2.24, 2.45) is 0 Å². The van der Waals surface area contributed by atoms with Gasteiger partial charge in [0, 0.05) is 6.42 Å². The molecule has 0 bridgehead atoms. The fourth-order valence-corrected chi connectivity index (χ4v) is 7.48. The van der Waals surface area contributed by atoms with E-state index in [0.717, 1.165) is 77.0 Å². The minimum Gasteiger partial charge on any atom is -0.462 e. The van der Waals surface area contributed by atoms with Crippen molar-refractivity contribution in [3.63, 3.8) is 0 Å². The van der Waals surface area contributed by atoms with Crippen LogP contribution in [0.2, 0.25) is 0 Å². The number of hydrogen-bond acceptors (Lipinski definition) is 5. The van der Waals surface area contributed by atoms with E-state index in [9.17, 15) is 19.8 Å². The zero-order valence-electron chi connectivity index (χ0n) is 37.5. The summed E-state index contributed by atoms with van der Waals surface area (Å²) in [5, 5.41) is 23.7. The quantitative estimate of drug-likeness (QED) is 0.0324. The van der Waals surface area contributed by atoms with Gasteiger partial charge in [-0.2, -0.15) is 0 Å². The zero-order chi connectivity index (χ0) is 41.0. The van der Waals surface area contributed by atoms with Gasteiger partial charge in [-0.25, -0.2) is 0 Å². The van der Waals surface area contributed by atoms with Gasteiger partial charge in [0.25, 0.3) is 0 Å². The summed E-state index contributed by atoms with van der Waals surface area (Å²) < 4.78 is 5.89. The van der Waals surface area contributed by atoms with E-state index < -0.39 is 18.2 Å². The van der Waals surface area contributed by atoms with Gasteiger partial charge in [0.1, 0.15) is 6.10 Å². The standard InChI is InChI=1S/C50H95NO5/c1-4-7-10-13-16-19-22-24-26-28-31-34-37-40-43-50(55)56-46(41-38-35-32-29-21-18-15-12-9-6-3)44-49(54)51-47(45-52)48(53)42-39-36-33-30-27-25-23-20-17-14-11-8-5-2/h18,21,26,28,46-48,52-53H,4-17,19-20,22-25,27,29-45H2,1-3H3,(H,51,54)/b21-18-,28-26-. The van der Waals surface area contributed by atoms with Crippen molar-refractivity contribution in [2.75, 3.05) is 6.61 Å². The first-order valence-corrected chi connectivity index (χ1v) is 24.6. The van der Waals surface area contributed by atoms with E-state index in [1.165, 1.54) is 135 Å². The van der Waals surface area contributed by atoms with Gasteiger partial charge >= 0.3 is 5.97 Å². The number of aliphatic hydroxyl groups excluding tert-OH is 2. The van der Waals surface area contributed by atoms with Gasteiger partial charge in [-0.1, -0.05) is 193 Å². The van der Waals surface area contributed by atoms with Crippen LogP contribution in [0, 0.1) is 0 Å². The molecular formula is C50H95NO5. The highest BCUT2D eigenvalue weighted by Crippen LogP contribution is 2.17. The normalized spacial score (nSPS) is 13.4. The molecule has 0 radical (unpaired) electrons. The maximum atomic E-state index is 13.1. The molecule has 330 valence electrons. The van der Waals surface area contributed by atoms with Gasteiger partial charge in [-0.05, 0) is 77.0 Å². The lowest BCUT2D eigenvalue weighted by Crippen LogP contribution is -2.46. The van der Waals surface area contributed by atoms with Crippen molar-refractivity contribution in [1.82, 2.24) is 5.32 Å². The molecule has 3 atom stereocenters. The fraction of sp³-hybridized carbons (Fsp3) is 0.880. The largest absolute Gasteiger partial charge is 0.462 e. The summed E-state index contributed by atoms with van der Waals surface area (Å²) in [5.74, 6) is -0.502. The first kappa shape index (κ1) is 54.3. The second kappa shape index (κ2) is 44.4. The van der Waals surface area contributed by atoms with Gasteiger partial charge in [-0.3, -0.25) is 9.59 Å².